The first-order valence-corrected chi connectivity index (χ1v) is 5.92. The van der Waals surface area contributed by atoms with Gasteiger partial charge in [-0.1, -0.05) is 12.1 Å². The molecule has 0 radical (unpaired) electrons. The van der Waals surface area contributed by atoms with Crippen molar-refractivity contribution in [2.75, 3.05) is 0 Å². The molecule has 1 unspecified atom stereocenters. The Bertz CT molecular complexity index is 647. The van der Waals surface area contributed by atoms with Crippen molar-refractivity contribution in [2.45, 2.75) is 19.2 Å². The molecule has 2 rings (SSSR count). The first-order valence-electron chi connectivity index (χ1n) is 5.92. The van der Waals surface area contributed by atoms with Crippen LogP contribution in [0.5, 0.6) is 5.75 Å². The molecule has 1 aromatic rings. The molecular formula is C13H12F3N3O2. The molecule has 0 aromatic heterocycles. The first-order chi connectivity index (χ1) is 9.70. The van der Waals surface area contributed by atoms with Gasteiger partial charge in [0.05, 0.1) is 11.1 Å². The van der Waals surface area contributed by atoms with Crippen LogP contribution in [-0.4, -0.2) is 18.0 Å². The van der Waals surface area contributed by atoms with Crippen LogP contribution in [0.15, 0.2) is 28.8 Å². The van der Waals surface area contributed by atoms with Gasteiger partial charge >= 0.3 is 6.18 Å². The summed E-state index contributed by atoms with van der Waals surface area (Å²) < 4.78 is 44.0. The minimum absolute atomic E-state index is 0.0789. The number of nitrogens with zero attached hydrogens (tertiary/aromatic N) is 1. The van der Waals surface area contributed by atoms with Crippen LogP contribution in [-0.2, 0) is 11.0 Å². The van der Waals surface area contributed by atoms with Crippen LogP contribution in [0.4, 0.5) is 13.2 Å². The van der Waals surface area contributed by atoms with Gasteiger partial charge in [-0.2, -0.15) is 18.2 Å². The lowest BCUT2D eigenvalue weighted by atomic mass is 9.99. The average Bonchev–Trinajstić information content (AvgIpc) is 2.35. The number of hydrogen-bond donors (Lipinski definition) is 2. The predicted octanol–water partition coefficient (Wildman–Crippen LogP) is 1.67. The smallest absolute Gasteiger partial charge is 0.419 e. The minimum Gasteiger partial charge on any atom is -0.485 e. The van der Waals surface area contributed by atoms with Gasteiger partial charge in [0.1, 0.15) is 11.9 Å². The van der Waals surface area contributed by atoms with Crippen LogP contribution >= 0.6 is 0 Å². The summed E-state index contributed by atoms with van der Waals surface area (Å²) in [7, 11) is 0. The molecule has 0 saturated carbocycles. The second kappa shape index (κ2) is 5.12. The van der Waals surface area contributed by atoms with Crippen molar-refractivity contribution in [2.24, 2.45) is 16.5 Å². The summed E-state index contributed by atoms with van der Waals surface area (Å²) >= 11 is 0. The highest BCUT2D eigenvalue weighted by Gasteiger charge is 2.37. The Morgan fingerprint density at radius 2 is 2.00 bits per heavy atom. The van der Waals surface area contributed by atoms with Crippen LogP contribution < -0.4 is 16.2 Å². The van der Waals surface area contributed by atoms with E-state index in [-0.39, 0.29) is 16.9 Å². The number of carbonyl (C=O) groups is 1. The third kappa shape index (κ3) is 2.99. The lowest BCUT2D eigenvalue weighted by molar-refractivity contribution is -0.139. The van der Waals surface area contributed by atoms with Crippen molar-refractivity contribution in [3.63, 3.8) is 0 Å². The molecule has 4 N–H and O–H groups in total. The zero-order chi connectivity index (χ0) is 15.8. The maximum absolute atomic E-state index is 12.9. The second-order valence-corrected chi connectivity index (χ2v) is 4.42. The van der Waals surface area contributed by atoms with E-state index in [1.165, 1.54) is 25.1 Å². The third-order valence-corrected chi connectivity index (χ3v) is 2.87. The highest BCUT2D eigenvalue weighted by molar-refractivity contribution is 6.05. The molecule has 21 heavy (non-hydrogen) atoms. The van der Waals surface area contributed by atoms with Crippen molar-refractivity contribution in [1.29, 1.82) is 0 Å². The lowest BCUT2D eigenvalue weighted by Crippen LogP contribution is -2.29. The molecule has 1 amide bonds. The van der Waals surface area contributed by atoms with E-state index in [1.54, 1.807) is 0 Å². The number of aliphatic imine (C=N–C) groups is 1. The minimum atomic E-state index is -4.54. The Morgan fingerprint density at radius 3 is 2.57 bits per heavy atom. The van der Waals surface area contributed by atoms with Crippen LogP contribution in [0.1, 0.15) is 18.1 Å². The Morgan fingerprint density at radius 1 is 1.33 bits per heavy atom. The molecule has 0 saturated heterocycles. The van der Waals surface area contributed by atoms with Crippen molar-refractivity contribution < 1.29 is 22.7 Å². The van der Waals surface area contributed by atoms with Gasteiger partial charge in [-0.15, -0.1) is 0 Å². The number of para-hydroxylation sites is 1. The molecule has 1 atom stereocenters. The lowest BCUT2D eigenvalue weighted by Gasteiger charge is -2.25. The van der Waals surface area contributed by atoms with Crippen molar-refractivity contribution >= 4 is 17.9 Å². The maximum atomic E-state index is 12.9. The molecule has 112 valence electrons. The monoisotopic (exact) mass is 299 g/mol. The summed E-state index contributed by atoms with van der Waals surface area (Å²) in [6.07, 6.45) is -4.13. The summed E-state index contributed by atoms with van der Waals surface area (Å²) in [5.74, 6) is -1.48. The largest absolute Gasteiger partial charge is 0.485 e. The Hall–Kier alpha value is -2.51. The summed E-state index contributed by atoms with van der Waals surface area (Å²) in [6.45, 7) is 1.45. The van der Waals surface area contributed by atoms with E-state index >= 15 is 0 Å². The number of alkyl halides is 3. The second-order valence-electron chi connectivity index (χ2n) is 4.42. The molecule has 8 heteroatoms. The Balaban J connectivity index is 2.52. The summed E-state index contributed by atoms with van der Waals surface area (Å²) in [4.78, 5) is 15.2. The van der Waals surface area contributed by atoms with Crippen LogP contribution in [0, 0.1) is 0 Å². The zero-order valence-electron chi connectivity index (χ0n) is 10.9. The highest BCUT2D eigenvalue weighted by Crippen LogP contribution is 2.41. The van der Waals surface area contributed by atoms with Crippen molar-refractivity contribution in [3.05, 3.63) is 34.9 Å². The third-order valence-electron chi connectivity index (χ3n) is 2.87. The molecule has 1 aliphatic heterocycles. The molecule has 0 bridgehead atoms. The fourth-order valence-electron chi connectivity index (χ4n) is 1.97. The van der Waals surface area contributed by atoms with E-state index in [0.29, 0.717) is 0 Å². The molecule has 1 aliphatic rings. The molecule has 1 heterocycles. The van der Waals surface area contributed by atoms with Crippen LogP contribution in [0.3, 0.4) is 0 Å². The molecule has 0 fully saturated rings. The summed E-state index contributed by atoms with van der Waals surface area (Å²) in [5.41, 5.74) is 9.56. The Kier molecular flexibility index (Phi) is 3.63. The Labute approximate surface area is 118 Å². The molecular weight excluding hydrogens is 287 g/mol. The fourth-order valence-corrected chi connectivity index (χ4v) is 1.97. The van der Waals surface area contributed by atoms with Gasteiger partial charge in [-0.3, -0.25) is 4.79 Å². The standard InChI is InChI=1S/C13H12F3N3O2/c1-6-8(11(20)19-12(17)18)5-7-3-2-4-9(10(7)21-6)13(14,15)16/h2-6H,1H3,(H4,17,18,19,20). The van der Waals surface area contributed by atoms with Gasteiger partial charge in [0.15, 0.2) is 5.96 Å². The topological polar surface area (TPSA) is 90.7 Å². The fraction of sp³-hybridized carbons (Fsp3) is 0.231. The maximum Gasteiger partial charge on any atom is 0.419 e. The van der Waals surface area contributed by atoms with Gasteiger partial charge in [-0.25, -0.2) is 0 Å². The first kappa shape index (κ1) is 14.9. The number of hydrogen-bond acceptors (Lipinski definition) is 2. The van der Waals surface area contributed by atoms with E-state index in [0.717, 1.165) is 6.07 Å². The van der Waals surface area contributed by atoms with Crippen LogP contribution in [0.2, 0.25) is 0 Å². The molecule has 1 aromatic carbocycles. The van der Waals surface area contributed by atoms with Crippen molar-refractivity contribution in [1.82, 2.24) is 0 Å². The van der Waals surface area contributed by atoms with Gasteiger partial charge in [-0.05, 0) is 19.1 Å². The highest BCUT2D eigenvalue weighted by atomic mass is 19.4. The van der Waals surface area contributed by atoms with Crippen molar-refractivity contribution in [3.8, 4) is 5.75 Å². The SMILES string of the molecule is CC1Oc2c(cccc2C(F)(F)F)C=C1C(=O)N=C(N)N. The molecule has 0 spiro atoms. The summed E-state index contributed by atoms with van der Waals surface area (Å²) in [5, 5.41) is 0. The average molecular weight is 299 g/mol. The van der Waals surface area contributed by atoms with E-state index in [9.17, 15) is 18.0 Å². The number of rotatable bonds is 1. The number of fused-ring (bicyclic) bond motifs is 1. The molecule has 5 nitrogen and oxygen atoms in total. The molecule has 0 aliphatic carbocycles. The van der Waals surface area contributed by atoms with Gasteiger partial charge < -0.3 is 16.2 Å². The van der Waals surface area contributed by atoms with Gasteiger partial charge in [0.25, 0.3) is 5.91 Å². The number of halogens is 3. The predicted molar refractivity (Wildman–Crippen MR) is 70.3 cm³/mol. The van der Waals surface area contributed by atoms with Crippen LogP contribution in [0.25, 0.3) is 6.08 Å². The number of carbonyl (C=O) groups excluding carboxylic acids is 1. The van der Waals surface area contributed by atoms with E-state index in [4.69, 9.17) is 16.2 Å². The van der Waals surface area contributed by atoms with E-state index in [1.807, 2.05) is 0 Å². The number of guanidine groups is 1. The number of amides is 1. The summed E-state index contributed by atoms with van der Waals surface area (Å²) in [6, 6.07) is 3.57. The van der Waals surface area contributed by atoms with Gasteiger partial charge in [0, 0.05) is 5.56 Å². The number of nitrogens with two attached hydrogens (primary N) is 2. The van der Waals surface area contributed by atoms with Gasteiger partial charge in [0.2, 0.25) is 0 Å². The van der Waals surface area contributed by atoms with E-state index in [2.05, 4.69) is 4.99 Å². The quantitative estimate of drug-likeness (QED) is 0.609. The zero-order valence-corrected chi connectivity index (χ0v) is 10.9. The number of benzene rings is 1. The normalized spacial score (nSPS) is 17.3. The van der Waals surface area contributed by atoms with E-state index < -0.39 is 29.7 Å². The number of ether oxygens (including phenoxy) is 1.